The fourth-order valence-electron chi connectivity index (χ4n) is 2.70. The summed E-state index contributed by atoms with van der Waals surface area (Å²) in [7, 11) is 0. The van der Waals surface area contributed by atoms with Crippen LogP contribution in [0.25, 0.3) is 0 Å². The summed E-state index contributed by atoms with van der Waals surface area (Å²) in [4.78, 5) is 2.48. The minimum atomic E-state index is 0.348. The van der Waals surface area contributed by atoms with Crippen molar-refractivity contribution in [1.29, 1.82) is 0 Å². The highest BCUT2D eigenvalue weighted by atomic mass is 16.7. The Morgan fingerprint density at radius 3 is 2.89 bits per heavy atom. The van der Waals surface area contributed by atoms with Crippen molar-refractivity contribution in [3.8, 4) is 11.5 Å². The Labute approximate surface area is 108 Å². The lowest BCUT2D eigenvalue weighted by molar-refractivity contribution is 0.174. The van der Waals surface area contributed by atoms with E-state index in [9.17, 15) is 0 Å². The second kappa shape index (κ2) is 4.65. The fourth-order valence-corrected chi connectivity index (χ4v) is 2.70. The van der Waals surface area contributed by atoms with Crippen LogP contribution in [0.3, 0.4) is 0 Å². The molecule has 3 rings (SSSR count). The van der Waals surface area contributed by atoms with Crippen molar-refractivity contribution < 1.29 is 9.47 Å². The predicted octanol–water partition coefficient (Wildman–Crippen LogP) is 2.73. The highest BCUT2D eigenvalue weighted by molar-refractivity contribution is 5.48. The van der Waals surface area contributed by atoms with Crippen molar-refractivity contribution in [2.24, 2.45) is 5.92 Å². The molecule has 3 nitrogen and oxygen atoms in total. The zero-order valence-corrected chi connectivity index (χ0v) is 10.8. The van der Waals surface area contributed by atoms with Crippen LogP contribution in [0.2, 0.25) is 0 Å². The highest BCUT2D eigenvalue weighted by Gasteiger charge is 2.22. The van der Waals surface area contributed by atoms with E-state index in [4.69, 9.17) is 9.47 Å². The van der Waals surface area contributed by atoms with Crippen LogP contribution in [0.5, 0.6) is 11.5 Å². The number of hydrogen-bond acceptors (Lipinski definition) is 3. The number of aryl methyl sites for hydroxylation is 1. The number of fused-ring (bicyclic) bond motifs is 1. The Hall–Kier alpha value is -1.48. The predicted molar refractivity (Wildman–Crippen MR) is 70.9 cm³/mol. The molecule has 0 aliphatic carbocycles. The first-order valence-corrected chi connectivity index (χ1v) is 6.50. The molecular formula is C15H19NO2. The molecule has 1 fully saturated rings. The van der Waals surface area contributed by atoms with Gasteiger partial charge in [-0.25, -0.2) is 0 Å². The molecule has 0 amide bonds. The third kappa shape index (κ3) is 2.10. The summed E-state index contributed by atoms with van der Waals surface area (Å²) in [5.74, 6) is 2.41. The van der Waals surface area contributed by atoms with Crippen LogP contribution in [0.15, 0.2) is 24.8 Å². The topological polar surface area (TPSA) is 21.7 Å². The van der Waals surface area contributed by atoms with Crippen molar-refractivity contribution in [1.82, 2.24) is 4.90 Å². The molecule has 1 aromatic carbocycles. The largest absolute Gasteiger partial charge is 0.454 e. The number of rotatable bonds is 3. The molecule has 96 valence electrons. The minimum absolute atomic E-state index is 0.348. The van der Waals surface area contributed by atoms with E-state index < -0.39 is 0 Å². The quantitative estimate of drug-likeness (QED) is 0.764. The van der Waals surface area contributed by atoms with Crippen LogP contribution in [0.4, 0.5) is 0 Å². The molecule has 18 heavy (non-hydrogen) atoms. The molecule has 2 heterocycles. The van der Waals surface area contributed by atoms with Crippen LogP contribution in [-0.4, -0.2) is 24.8 Å². The van der Waals surface area contributed by atoms with Crippen LogP contribution < -0.4 is 9.47 Å². The normalized spacial score (nSPS) is 22.4. The highest BCUT2D eigenvalue weighted by Crippen LogP contribution is 2.35. The number of ether oxygens (including phenoxy) is 2. The van der Waals surface area contributed by atoms with E-state index in [-0.39, 0.29) is 0 Å². The Balaban J connectivity index is 1.75. The van der Waals surface area contributed by atoms with Crippen molar-refractivity contribution in [3.05, 3.63) is 35.9 Å². The van der Waals surface area contributed by atoms with Crippen molar-refractivity contribution >= 4 is 0 Å². The monoisotopic (exact) mass is 245 g/mol. The minimum Gasteiger partial charge on any atom is -0.454 e. The molecule has 1 saturated heterocycles. The Bertz CT molecular complexity index is 470. The number of hydrogen-bond donors (Lipinski definition) is 0. The Morgan fingerprint density at radius 2 is 2.17 bits per heavy atom. The summed E-state index contributed by atoms with van der Waals surface area (Å²) < 4.78 is 10.8. The summed E-state index contributed by atoms with van der Waals surface area (Å²) in [5.41, 5.74) is 2.62. The second-order valence-electron chi connectivity index (χ2n) is 5.15. The van der Waals surface area contributed by atoms with Crippen LogP contribution in [0, 0.1) is 12.8 Å². The molecule has 0 aromatic heterocycles. The van der Waals surface area contributed by atoms with Gasteiger partial charge in [-0.05, 0) is 49.1 Å². The maximum absolute atomic E-state index is 5.44. The fraction of sp³-hybridized carbons (Fsp3) is 0.467. The van der Waals surface area contributed by atoms with E-state index in [0.29, 0.717) is 12.7 Å². The molecule has 0 radical (unpaired) electrons. The van der Waals surface area contributed by atoms with Gasteiger partial charge in [-0.2, -0.15) is 0 Å². The van der Waals surface area contributed by atoms with Gasteiger partial charge in [0.05, 0.1) is 0 Å². The third-order valence-electron chi connectivity index (χ3n) is 3.87. The summed E-state index contributed by atoms with van der Waals surface area (Å²) in [6, 6.07) is 4.21. The first-order valence-electron chi connectivity index (χ1n) is 6.50. The van der Waals surface area contributed by atoms with Gasteiger partial charge in [-0.15, -0.1) is 6.58 Å². The third-order valence-corrected chi connectivity index (χ3v) is 3.87. The second-order valence-corrected chi connectivity index (χ2v) is 5.15. The van der Waals surface area contributed by atoms with Crippen LogP contribution in [0.1, 0.15) is 17.5 Å². The van der Waals surface area contributed by atoms with Crippen molar-refractivity contribution in [2.45, 2.75) is 19.9 Å². The van der Waals surface area contributed by atoms with E-state index in [1.807, 2.05) is 0 Å². The maximum Gasteiger partial charge on any atom is 0.231 e. The summed E-state index contributed by atoms with van der Waals surface area (Å²) in [6.07, 6.45) is 3.31. The average molecular weight is 245 g/mol. The van der Waals surface area contributed by atoms with Gasteiger partial charge in [0.1, 0.15) is 0 Å². The Morgan fingerprint density at radius 1 is 1.39 bits per heavy atom. The first-order chi connectivity index (χ1) is 8.76. The Kier molecular flexibility index (Phi) is 3.00. The van der Waals surface area contributed by atoms with Gasteiger partial charge in [0.25, 0.3) is 0 Å². The van der Waals surface area contributed by atoms with Crippen molar-refractivity contribution in [2.75, 3.05) is 19.9 Å². The van der Waals surface area contributed by atoms with Gasteiger partial charge in [0, 0.05) is 13.1 Å². The van der Waals surface area contributed by atoms with Gasteiger partial charge in [-0.1, -0.05) is 6.08 Å². The zero-order chi connectivity index (χ0) is 12.5. The van der Waals surface area contributed by atoms with Gasteiger partial charge >= 0.3 is 0 Å². The van der Waals surface area contributed by atoms with Crippen LogP contribution >= 0.6 is 0 Å². The molecule has 0 bridgehead atoms. The molecule has 0 spiro atoms. The van der Waals surface area contributed by atoms with Crippen molar-refractivity contribution in [3.63, 3.8) is 0 Å². The number of likely N-dealkylation sites (tertiary alicyclic amines) is 1. The van der Waals surface area contributed by atoms with Gasteiger partial charge in [-0.3, -0.25) is 4.90 Å². The average Bonchev–Trinajstić information content (AvgIpc) is 2.98. The summed E-state index contributed by atoms with van der Waals surface area (Å²) in [5, 5.41) is 0. The molecule has 0 saturated carbocycles. The molecule has 3 heteroatoms. The standard InChI is InChI=1S/C15H19NO2/c1-3-12-4-5-16(8-12)9-13-7-15-14(6-11(13)2)17-10-18-15/h3,6-7,12H,1,4-5,8-10H2,2H3. The van der Waals surface area contributed by atoms with Gasteiger partial charge in [0.2, 0.25) is 6.79 Å². The van der Waals surface area contributed by atoms with E-state index in [1.165, 1.54) is 17.5 Å². The zero-order valence-electron chi connectivity index (χ0n) is 10.8. The molecule has 2 aliphatic heterocycles. The van der Waals surface area contributed by atoms with Gasteiger partial charge in [0.15, 0.2) is 11.5 Å². The van der Waals surface area contributed by atoms with E-state index >= 15 is 0 Å². The first kappa shape index (κ1) is 11.6. The molecule has 0 N–H and O–H groups in total. The molecule has 1 aromatic rings. The molecule has 1 atom stereocenters. The van der Waals surface area contributed by atoms with E-state index in [2.05, 4.69) is 36.6 Å². The van der Waals surface area contributed by atoms with E-state index in [0.717, 1.165) is 31.1 Å². The molecule has 1 unspecified atom stereocenters. The maximum atomic E-state index is 5.44. The molecule has 2 aliphatic rings. The lowest BCUT2D eigenvalue weighted by Gasteiger charge is -2.17. The summed E-state index contributed by atoms with van der Waals surface area (Å²) >= 11 is 0. The molecular weight excluding hydrogens is 226 g/mol. The summed E-state index contributed by atoms with van der Waals surface area (Å²) in [6.45, 7) is 9.64. The van der Waals surface area contributed by atoms with E-state index in [1.54, 1.807) is 0 Å². The number of benzene rings is 1. The van der Waals surface area contributed by atoms with Crippen LogP contribution in [-0.2, 0) is 6.54 Å². The van der Waals surface area contributed by atoms with Gasteiger partial charge < -0.3 is 9.47 Å². The number of nitrogens with zero attached hydrogens (tertiary/aromatic N) is 1. The lowest BCUT2D eigenvalue weighted by atomic mass is 10.1. The SMILES string of the molecule is C=CC1CCN(Cc2cc3c(cc2C)OCO3)C1. The lowest BCUT2D eigenvalue weighted by Crippen LogP contribution is -2.20. The smallest absolute Gasteiger partial charge is 0.231 e.